The summed E-state index contributed by atoms with van der Waals surface area (Å²) in [5.74, 6) is 0.366. The number of piperidine rings is 1. The molecule has 1 saturated heterocycles. The van der Waals surface area contributed by atoms with E-state index in [0.29, 0.717) is 5.92 Å². The van der Waals surface area contributed by atoms with E-state index in [-0.39, 0.29) is 16.2 Å². The molecule has 0 N–H and O–H groups in total. The van der Waals surface area contributed by atoms with E-state index in [4.69, 9.17) is 0 Å². The number of nitrogens with zero attached hydrogens (tertiary/aromatic N) is 1. The maximum absolute atomic E-state index is 2.75. The minimum atomic E-state index is -0.0358. The molecule has 5 aliphatic rings. The normalized spacial score (nSPS) is 24.4. The van der Waals surface area contributed by atoms with Crippen LogP contribution in [0, 0.1) is 5.41 Å². The molecule has 0 amide bonds. The van der Waals surface area contributed by atoms with Crippen LogP contribution in [0.3, 0.4) is 0 Å². The summed E-state index contributed by atoms with van der Waals surface area (Å²) in [5.41, 5.74) is 15.3. The van der Waals surface area contributed by atoms with Crippen molar-refractivity contribution in [3.8, 4) is 0 Å². The Balaban J connectivity index is 1.32. The van der Waals surface area contributed by atoms with E-state index in [0.717, 1.165) is 19.3 Å². The van der Waals surface area contributed by atoms with Crippen molar-refractivity contribution in [3.63, 3.8) is 0 Å². The van der Waals surface area contributed by atoms with E-state index < -0.39 is 0 Å². The predicted molar refractivity (Wildman–Crippen MR) is 175 cm³/mol. The van der Waals surface area contributed by atoms with E-state index in [2.05, 4.69) is 119 Å². The number of rotatable bonds is 1. The zero-order chi connectivity index (χ0) is 28.1. The lowest BCUT2D eigenvalue weighted by molar-refractivity contribution is 0.450. The molecule has 3 aliphatic heterocycles. The van der Waals surface area contributed by atoms with Crippen LogP contribution in [0.2, 0.25) is 0 Å². The van der Waals surface area contributed by atoms with Crippen molar-refractivity contribution in [2.75, 3.05) is 4.90 Å². The molecule has 0 bridgehead atoms. The van der Waals surface area contributed by atoms with Crippen molar-refractivity contribution in [3.05, 3.63) is 123 Å². The lowest BCUT2D eigenvalue weighted by Gasteiger charge is -2.59. The van der Waals surface area contributed by atoms with Gasteiger partial charge in [0.05, 0.1) is 17.1 Å². The van der Waals surface area contributed by atoms with Crippen molar-refractivity contribution in [2.45, 2.75) is 77.6 Å². The molecular weight excluding hydrogens is 515 g/mol. The van der Waals surface area contributed by atoms with Gasteiger partial charge in [-0.2, -0.15) is 0 Å². The first-order valence-corrected chi connectivity index (χ1v) is 16.2. The third-order valence-electron chi connectivity index (χ3n) is 11.4. The second-order valence-electron chi connectivity index (χ2n) is 14.5. The summed E-state index contributed by atoms with van der Waals surface area (Å²) in [6.45, 7) is 14.9. The van der Waals surface area contributed by atoms with Crippen LogP contribution < -0.4 is 4.90 Å². The predicted octanol–water partition coefficient (Wildman–Crippen LogP) is 10.8. The summed E-state index contributed by atoms with van der Waals surface area (Å²) in [4.78, 5) is 2.75. The molecule has 2 aliphatic carbocycles. The number of thiophene rings is 1. The van der Waals surface area contributed by atoms with Gasteiger partial charge in [0.2, 0.25) is 0 Å². The van der Waals surface area contributed by atoms with Gasteiger partial charge in [-0.25, -0.2) is 0 Å². The molecular formula is C39H37NS. The number of para-hydroxylation sites is 1. The molecule has 3 aromatic carbocycles. The summed E-state index contributed by atoms with van der Waals surface area (Å²) < 4.78 is 2.77. The van der Waals surface area contributed by atoms with Gasteiger partial charge in [0.15, 0.2) is 0 Å². The lowest BCUT2D eigenvalue weighted by atomic mass is 9.55. The Morgan fingerprint density at radius 1 is 0.707 bits per heavy atom. The minimum Gasteiger partial charge on any atom is -0.309 e. The largest absolute Gasteiger partial charge is 0.309 e. The molecule has 204 valence electrons. The van der Waals surface area contributed by atoms with Crippen LogP contribution in [-0.2, 0) is 10.8 Å². The van der Waals surface area contributed by atoms with Crippen LogP contribution in [0.5, 0.6) is 0 Å². The minimum absolute atomic E-state index is 0.0335. The summed E-state index contributed by atoms with van der Waals surface area (Å²) in [6, 6.07) is 23.4. The number of benzene rings is 3. The molecule has 2 heteroatoms. The van der Waals surface area contributed by atoms with E-state index in [1.54, 1.807) is 16.7 Å². The highest BCUT2D eigenvalue weighted by molar-refractivity contribution is 7.25. The lowest BCUT2D eigenvalue weighted by Crippen LogP contribution is -2.51. The fourth-order valence-electron chi connectivity index (χ4n) is 9.07. The molecule has 1 fully saturated rings. The van der Waals surface area contributed by atoms with Gasteiger partial charge in [0, 0.05) is 42.3 Å². The maximum Gasteiger partial charge on any atom is 0.0543 e. The first kappa shape index (κ1) is 24.3. The fraction of sp³-hybridized carbons (Fsp3) is 0.333. The highest BCUT2D eigenvalue weighted by Gasteiger charge is 2.55. The van der Waals surface area contributed by atoms with E-state index >= 15 is 0 Å². The quantitative estimate of drug-likeness (QED) is 0.227. The standard InChI is InChI=1S/C39H37NS/c1-37(2)26-12-9-14-28-34(26)40-35-27(37)13-10-15-29(35)39(5,6)31-21-23(20-30(36(31)40)38(28,3)4)22-17-18-33-25(19-22)24-11-7-8-16-32(24)41-33/h7-9,11-12,14-19,21,23H,10,13,20H2,1-6H3. The Morgan fingerprint density at radius 3 is 2.22 bits per heavy atom. The van der Waals surface area contributed by atoms with Gasteiger partial charge in [-0.15, -0.1) is 11.3 Å². The molecule has 1 nitrogen and oxygen atoms in total. The molecule has 9 rings (SSSR count). The summed E-state index contributed by atoms with van der Waals surface area (Å²) in [7, 11) is 0. The molecule has 0 spiro atoms. The van der Waals surface area contributed by atoms with Crippen LogP contribution in [0.15, 0.2) is 107 Å². The molecule has 4 aromatic rings. The number of hydrogen-bond acceptors (Lipinski definition) is 2. The summed E-state index contributed by atoms with van der Waals surface area (Å²) in [5, 5.41) is 2.80. The van der Waals surface area contributed by atoms with Gasteiger partial charge in [0.1, 0.15) is 0 Å². The van der Waals surface area contributed by atoms with Crippen LogP contribution in [0.25, 0.3) is 20.2 Å². The number of hydrogen-bond donors (Lipinski definition) is 0. The Hall–Kier alpha value is -3.36. The Kier molecular flexibility index (Phi) is 4.45. The molecule has 1 aromatic heterocycles. The van der Waals surface area contributed by atoms with Crippen LogP contribution >= 0.6 is 11.3 Å². The molecule has 4 heterocycles. The van der Waals surface area contributed by atoms with Gasteiger partial charge in [-0.05, 0) is 76.4 Å². The van der Waals surface area contributed by atoms with E-state index in [9.17, 15) is 0 Å². The molecule has 0 radical (unpaired) electrons. The van der Waals surface area contributed by atoms with Gasteiger partial charge < -0.3 is 4.90 Å². The zero-order valence-corrected chi connectivity index (χ0v) is 25.8. The van der Waals surface area contributed by atoms with Gasteiger partial charge >= 0.3 is 0 Å². The third kappa shape index (κ3) is 2.83. The number of fused-ring (bicyclic) bond motifs is 3. The average Bonchev–Trinajstić information content (AvgIpc) is 3.34. The Bertz CT molecular complexity index is 2000. The number of anilines is 1. The first-order chi connectivity index (χ1) is 19.6. The van der Waals surface area contributed by atoms with Crippen molar-refractivity contribution >= 4 is 37.2 Å². The highest BCUT2D eigenvalue weighted by Crippen LogP contribution is 2.66. The van der Waals surface area contributed by atoms with Crippen molar-refractivity contribution in [1.29, 1.82) is 0 Å². The molecule has 1 atom stereocenters. The zero-order valence-electron chi connectivity index (χ0n) is 25.0. The second-order valence-corrected chi connectivity index (χ2v) is 15.6. The maximum atomic E-state index is 2.75. The molecule has 0 saturated carbocycles. The van der Waals surface area contributed by atoms with Crippen molar-refractivity contribution < 1.29 is 0 Å². The van der Waals surface area contributed by atoms with Crippen LogP contribution in [0.1, 0.15) is 83.4 Å². The van der Waals surface area contributed by atoms with E-state index in [1.807, 2.05) is 11.3 Å². The SMILES string of the molecule is CC1(C)C2=CCCC3=C2N2C4=C(CC(c5ccc6sc7ccccc7c6c5)C=C41)C(C)(C)c1cccc(c12)C3(C)C. The van der Waals surface area contributed by atoms with Crippen LogP contribution in [0.4, 0.5) is 5.69 Å². The first-order valence-electron chi connectivity index (χ1n) is 15.4. The highest BCUT2D eigenvalue weighted by atomic mass is 32.1. The van der Waals surface area contributed by atoms with E-state index in [1.165, 1.54) is 59.5 Å². The van der Waals surface area contributed by atoms with Gasteiger partial charge in [0.25, 0.3) is 0 Å². The van der Waals surface area contributed by atoms with Crippen molar-refractivity contribution in [1.82, 2.24) is 0 Å². The van der Waals surface area contributed by atoms with Gasteiger partial charge in [-0.3, -0.25) is 0 Å². The second kappa shape index (κ2) is 7.53. The van der Waals surface area contributed by atoms with Crippen molar-refractivity contribution in [2.24, 2.45) is 5.41 Å². The number of allylic oxidation sites excluding steroid dienone is 6. The smallest absolute Gasteiger partial charge is 0.0543 e. The van der Waals surface area contributed by atoms with Crippen LogP contribution in [-0.4, -0.2) is 0 Å². The Labute approximate surface area is 247 Å². The Morgan fingerprint density at radius 2 is 1.41 bits per heavy atom. The monoisotopic (exact) mass is 551 g/mol. The fourth-order valence-corrected chi connectivity index (χ4v) is 10.2. The molecule has 41 heavy (non-hydrogen) atoms. The average molecular weight is 552 g/mol. The summed E-state index contributed by atoms with van der Waals surface area (Å²) in [6.07, 6.45) is 8.61. The van der Waals surface area contributed by atoms with Gasteiger partial charge in [-0.1, -0.05) is 96.2 Å². The summed E-state index contributed by atoms with van der Waals surface area (Å²) >= 11 is 1.92. The molecule has 1 unspecified atom stereocenters. The topological polar surface area (TPSA) is 3.24 Å². The third-order valence-corrected chi connectivity index (χ3v) is 12.5.